The summed E-state index contributed by atoms with van der Waals surface area (Å²) in [5.74, 6) is -0.348. The molecule has 6 heteroatoms. The Bertz CT molecular complexity index is 744. The lowest BCUT2D eigenvalue weighted by atomic mass is 9.99. The summed E-state index contributed by atoms with van der Waals surface area (Å²) in [6.07, 6.45) is 5.39. The van der Waals surface area contributed by atoms with E-state index in [0.717, 1.165) is 26.2 Å². The molecule has 1 aromatic carbocycles. The number of rotatable bonds is 2. The molecule has 0 aliphatic carbocycles. The molecule has 0 N–H and O–H groups in total. The summed E-state index contributed by atoms with van der Waals surface area (Å²) in [6, 6.07) is 8.40. The lowest BCUT2D eigenvalue weighted by Gasteiger charge is -2.43. The molecule has 0 bridgehead atoms. The number of piperidine rings is 1. The average molecular weight is 328 g/mol. The van der Waals surface area contributed by atoms with Gasteiger partial charge in [0.15, 0.2) is 5.69 Å². The van der Waals surface area contributed by atoms with Gasteiger partial charge in [-0.05, 0) is 43.7 Å². The number of fused-ring (bicyclic) bond motifs is 1. The lowest BCUT2D eigenvalue weighted by molar-refractivity contribution is 0.0368. The Hall–Kier alpha value is -2.21. The molecule has 126 valence electrons. The fourth-order valence-corrected chi connectivity index (χ4v) is 3.70. The molecule has 2 saturated heterocycles. The van der Waals surface area contributed by atoms with E-state index in [2.05, 4.69) is 10.00 Å². The Balaban J connectivity index is 1.49. The van der Waals surface area contributed by atoms with Crippen molar-refractivity contribution in [1.29, 1.82) is 0 Å². The predicted molar refractivity (Wildman–Crippen MR) is 88.6 cm³/mol. The molecule has 0 radical (unpaired) electrons. The number of aromatic nitrogens is 2. The summed E-state index contributed by atoms with van der Waals surface area (Å²) < 4.78 is 14.9. The molecule has 1 amide bonds. The minimum atomic E-state index is -0.315. The van der Waals surface area contributed by atoms with Crippen molar-refractivity contribution in [2.75, 3.05) is 26.2 Å². The Morgan fingerprint density at radius 3 is 2.96 bits per heavy atom. The van der Waals surface area contributed by atoms with Crippen LogP contribution in [-0.2, 0) is 0 Å². The quantitative estimate of drug-likeness (QED) is 0.849. The fourth-order valence-electron chi connectivity index (χ4n) is 3.70. The zero-order chi connectivity index (χ0) is 16.5. The van der Waals surface area contributed by atoms with E-state index >= 15 is 0 Å². The van der Waals surface area contributed by atoms with Crippen LogP contribution in [0.1, 0.15) is 29.8 Å². The van der Waals surface area contributed by atoms with Crippen molar-refractivity contribution in [2.24, 2.45) is 0 Å². The molecule has 24 heavy (non-hydrogen) atoms. The van der Waals surface area contributed by atoms with Crippen molar-refractivity contribution in [3.8, 4) is 5.69 Å². The number of hydrogen-bond acceptors (Lipinski definition) is 3. The maximum absolute atomic E-state index is 13.3. The van der Waals surface area contributed by atoms with Crippen LogP contribution in [0.5, 0.6) is 0 Å². The van der Waals surface area contributed by atoms with Crippen LogP contribution in [0.3, 0.4) is 0 Å². The van der Waals surface area contributed by atoms with E-state index in [1.807, 2.05) is 4.90 Å². The van der Waals surface area contributed by atoms with Gasteiger partial charge in [-0.3, -0.25) is 9.69 Å². The number of amides is 1. The first-order chi connectivity index (χ1) is 11.7. The van der Waals surface area contributed by atoms with Gasteiger partial charge >= 0.3 is 0 Å². The number of carbonyl (C=O) groups excluding carboxylic acids is 1. The Labute approximate surface area is 140 Å². The highest BCUT2D eigenvalue weighted by molar-refractivity contribution is 5.92. The van der Waals surface area contributed by atoms with Crippen LogP contribution in [0.25, 0.3) is 5.69 Å². The van der Waals surface area contributed by atoms with Gasteiger partial charge in [0.05, 0.1) is 5.69 Å². The molecule has 2 aromatic rings. The van der Waals surface area contributed by atoms with Gasteiger partial charge in [-0.1, -0.05) is 12.5 Å². The predicted octanol–water partition coefficient (Wildman–Crippen LogP) is 2.32. The molecule has 1 aromatic heterocycles. The third kappa shape index (κ3) is 2.94. The van der Waals surface area contributed by atoms with E-state index in [0.29, 0.717) is 17.4 Å². The smallest absolute Gasteiger partial charge is 0.274 e. The van der Waals surface area contributed by atoms with Gasteiger partial charge in [-0.25, -0.2) is 9.07 Å². The largest absolute Gasteiger partial charge is 0.334 e. The van der Waals surface area contributed by atoms with Crippen molar-refractivity contribution in [3.63, 3.8) is 0 Å². The van der Waals surface area contributed by atoms with Crippen LogP contribution < -0.4 is 0 Å². The van der Waals surface area contributed by atoms with Crippen LogP contribution in [0, 0.1) is 5.82 Å². The molecule has 2 aliphatic heterocycles. The number of hydrogen-bond donors (Lipinski definition) is 0. The highest BCUT2D eigenvalue weighted by atomic mass is 19.1. The molecular weight excluding hydrogens is 307 g/mol. The third-order valence-corrected chi connectivity index (χ3v) is 5.01. The Morgan fingerprint density at radius 2 is 2.08 bits per heavy atom. The summed E-state index contributed by atoms with van der Waals surface area (Å²) in [5.41, 5.74) is 1.04. The third-order valence-electron chi connectivity index (χ3n) is 5.01. The van der Waals surface area contributed by atoms with Crippen molar-refractivity contribution >= 4 is 5.91 Å². The molecule has 1 unspecified atom stereocenters. The van der Waals surface area contributed by atoms with Gasteiger partial charge < -0.3 is 4.90 Å². The fraction of sp³-hybridized carbons (Fsp3) is 0.444. The van der Waals surface area contributed by atoms with E-state index in [4.69, 9.17) is 0 Å². The summed E-state index contributed by atoms with van der Waals surface area (Å²) in [5, 5.41) is 4.35. The second-order valence-corrected chi connectivity index (χ2v) is 6.56. The molecule has 0 spiro atoms. The molecular formula is C18H21FN4O. The number of nitrogens with zero attached hydrogens (tertiary/aromatic N) is 4. The standard InChI is InChI=1S/C18H21FN4O/c19-14-4-3-6-15(12-14)23-9-7-17(20-23)18(24)22-11-10-21-8-2-1-5-16(21)13-22/h3-4,6-7,9,12,16H,1-2,5,8,10-11,13H2. The van der Waals surface area contributed by atoms with Gasteiger partial charge in [-0.2, -0.15) is 5.10 Å². The number of halogens is 1. The minimum absolute atomic E-state index is 0.0321. The van der Waals surface area contributed by atoms with E-state index in [-0.39, 0.29) is 11.7 Å². The zero-order valence-corrected chi connectivity index (χ0v) is 13.6. The van der Waals surface area contributed by atoms with Gasteiger partial charge in [0.2, 0.25) is 0 Å². The molecule has 2 fully saturated rings. The maximum Gasteiger partial charge on any atom is 0.274 e. The van der Waals surface area contributed by atoms with Crippen molar-refractivity contribution in [1.82, 2.24) is 19.6 Å². The number of carbonyl (C=O) groups is 1. The Kier molecular flexibility index (Phi) is 4.06. The molecule has 4 rings (SSSR count). The second-order valence-electron chi connectivity index (χ2n) is 6.56. The second kappa shape index (κ2) is 6.36. The highest BCUT2D eigenvalue weighted by Gasteiger charge is 2.32. The molecule has 2 aliphatic rings. The van der Waals surface area contributed by atoms with E-state index in [1.54, 1.807) is 29.1 Å². The van der Waals surface area contributed by atoms with Crippen molar-refractivity contribution < 1.29 is 9.18 Å². The SMILES string of the molecule is O=C(c1ccn(-c2cccc(F)c2)n1)N1CCN2CCCCC2C1. The Morgan fingerprint density at radius 1 is 1.17 bits per heavy atom. The number of benzene rings is 1. The summed E-state index contributed by atoms with van der Waals surface area (Å²) in [7, 11) is 0. The minimum Gasteiger partial charge on any atom is -0.334 e. The lowest BCUT2D eigenvalue weighted by Crippen LogP contribution is -2.56. The van der Waals surface area contributed by atoms with Gasteiger partial charge in [0.25, 0.3) is 5.91 Å². The summed E-state index contributed by atoms with van der Waals surface area (Å²) >= 11 is 0. The van der Waals surface area contributed by atoms with E-state index in [1.165, 1.54) is 31.4 Å². The maximum atomic E-state index is 13.3. The van der Waals surface area contributed by atoms with Crippen LogP contribution >= 0.6 is 0 Å². The monoisotopic (exact) mass is 328 g/mol. The highest BCUT2D eigenvalue weighted by Crippen LogP contribution is 2.22. The first kappa shape index (κ1) is 15.3. The molecule has 1 atom stereocenters. The summed E-state index contributed by atoms with van der Waals surface area (Å²) in [4.78, 5) is 17.1. The van der Waals surface area contributed by atoms with Crippen molar-refractivity contribution in [3.05, 3.63) is 48.0 Å². The summed E-state index contributed by atoms with van der Waals surface area (Å²) in [6.45, 7) is 3.63. The topological polar surface area (TPSA) is 41.4 Å². The molecule has 5 nitrogen and oxygen atoms in total. The van der Waals surface area contributed by atoms with Crippen LogP contribution in [-0.4, -0.2) is 57.7 Å². The van der Waals surface area contributed by atoms with Crippen LogP contribution in [0.15, 0.2) is 36.5 Å². The average Bonchev–Trinajstić information content (AvgIpc) is 3.11. The van der Waals surface area contributed by atoms with Gasteiger partial charge in [-0.15, -0.1) is 0 Å². The zero-order valence-electron chi connectivity index (χ0n) is 13.6. The first-order valence-corrected chi connectivity index (χ1v) is 8.56. The normalized spacial score (nSPS) is 21.5. The van der Waals surface area contributed by atoms with Crippen LogP contribution in [0.2, 0.25) is 0 Å². The van der Waals surface area contributed by atoms with Crippen molar-refractivity contribution in [2.45, 2.75) is 25.3 Å². The molecule has 0 saturated carbocycles. The number of piperazine rings is 1. The van der Waals surface area contributed by atoms with Crippen LogP contribution in [0.4, 0.5) is 4.39 Å². The van der Waals surface area contributed by atoms with E-state index < -0.39 is 0 Å². The van der Waals surface area contributed by atoms with E-state index in [9.17, 15) is 9.18 Å². The van der Waals surface area contributed by atoms with Gasteiger partial charge in [0.1, 0.15) is 5.82 Å². The molecule has 3 heterocycles. The van der Waals surface area contributed by atoms with Gasteiger partial charge in [0, 0.05) is 31.9 Å². The first-order valence-electron chi connectivity index (χ1n) is 8.56.